The first-order valence-corrected chi connectivity index (χ1v) is 5.81. The fraction of sp³-hybridized carbons (Fsp3) is 0.462. The summed E-state index contributed by atoms with van der Waals surface area (Å²) in [6.45, 7) is 2.11. The van der Waals surface area contributed by atoms with Crippen molar-refractivity contribution in [3.8, 4) is 0 Å². The van der Waals surface area contributed by atoms with E-state index in [-0.39, 0.29) is 11.5 Å². The maximum Gasteiger partial charge on any atom is 0.0955 e. The Morgan fingerprint density at radius 2 is 2.19 bits per heavy atom. The Hall–Kier alpha value is -1.35. The van der Waals surface area contributed by atoms with E-state index >= 15 is 0 Å². The fourth-order valence-corrected chi connectivity index (χ4v) is 2.72. The number of hydrogen-bond acceptors (Lipinski definition) is 2. The molecule has 3 nitrogen and oxygen atoms in total. The Kier molecular flexibility index (Phi) is 1.89. The molecule has 1 atom stereocenters. The molecule has 0 saturated heterocycles. The minimum absolute atomic E-state index is 0.202. The highest BCUT2D eigenvalue weighted by molar-refractivity contribution is 5.81. The molecule has 1 unspecified atom stereocenters. The van der Waals surface area contributed by atoms with E-state index in [9.17, 15) is 0 Å². The summed E-state index contributed by atoms with van der Waals surface area (Å²) in [5.41, 5.74) is 10.0. The quantitative estimate of drug-likeness (QED) is 0.832. The molecule has 1 saturated carbocycles. The third-order valence-corrected chi connectivity index (χ3v) is 3.93. The smallest absolute Gasteiger partial charge is 0.0955 e. The molecule has 3 heteroatoms. The van der Waals surface area contributed by atoms with Crippen molar-refractivity contribution in [2.45, 2.75) is 31.2 Å². The number of para-hydroxylation sites is 1. The van der Waals surface area contributed by atoms with Crippen LogP contribution in [0.3, 0.4) is 0 Å². The highest BCUT2D eigenvalue weighted by Gasteiger charge is 2.48. The summed E-state index contributed by atoms with van der Waals surface area (Å²) in [5.74, 6) is 0. The molecule has 0 spiro atoms. The number of nitrogens with zero attached hydrogens (tertiary/aromatic N) is 2. The number of rotatable bonds is 2. The van der Waals surface area contributed by atoms with Crippen molar-refractivity contribution >= 4 is 11.0 Å². The van der Waals surface area contributed by atoms with E-state index in [0.717, 1.165) is 5.52 Å². The van der Waals surface area contributed by atoms with E-state index in [1.165, 1.54) is 23.9 Å². The number of fused-ring (bicyclic) bond motifs is 1. The van der Waals surface area contributed by atoms with Crippen molar-refractivity contribution in [2.75, 3.05) is 0 Å². The number of imidazole rings is 1. The lowest BCUT2D eigenvalue weighted by atomic mass is 9.88. The molecule has 2 N–H and O–H groups in total. The number of aromatic nitrogens is 2. The van der Waals surface area contributed by atoms with Gasteiger partial charge in [0.2, 0.25) is 0 Å². The number of benzene rings is 1. The molecule has 1 heterocycles. The van der Waals surface area contributed by atoms with Crippen LogP contribution >= 0.6 is 0 Å². The molecular weight excluding hydrogens is 198 g/mol. The van der Waals surface area contributed by atoms with Crippen LogP contribution in [0.1, 0.15) is 25.3 Å². The molecule has 3 rings (SSSR count). The van der Waals surface area contributed by atoms with Crippen LogP contribution in [0.25, 0.3) is 11.0 Å². The average molecular weight is 215 g/mol. The Morgan fingerprint density at radius 3 is 2.81 bits per heavy atom. The molecule has 84 valence electrons. The molecule has 1 aromatic carbocycles. The van der Waals surface area contributed by atoms with Crippen LogP contribution in [0.5, 0.6) is 0 Å². The van der Waals surface area contributed by atoms with E-state index in [1.807, 2.05) is 6.33 Å². The average Bonchev–Trinajstić information content (AvgIpc) is 3.00. The van der Waals surface area contributed by atoms with Crippen LogP contribution in [0.15, 0.2) is 24.5 Å². The first-order chi connectivity index (χ1) is 7.65. The zero-order chi connectivity index (χ0) is 11.3. The lowest BCUT2D eigenvalue weighted by molar-refractivity contribution is 0.558. The molecule has 0 aliphatic heterocycles. The summed E-state index contributed by atoms with van der Waals surface area (Å²) in [6, 6.07) is 6.58. The van der Waals surface area contributed by atoms with Gasteiger partial charge in [-0.15, -0.1) is 0 Å². The van der Waals surface area contributed by atoms with Crippen LogP contribution in [0, 0.1) is 0 Å². The lowest BCUT2D eigenvalue weighted by Crippen LogP contribution is -2.31. The van der Waals surface area contributed by atoms with Gasteiger partial charge in [-0.1, -0.05) is 12.1 Å². The second-order valence-electron chi connectivity index (χ2n) is 4.97. The zero-order valence-electron chi connectivity index (χ0n) is 9.77. The van der Waals surface area contributed by atoms with Gasteiger partial charge in [0.15, 0.2) is 0 Å². The Bertz CT molecular complexity index is 535. The molecule has 0 radical (unpaired) electrons. The van der Waals surface area contributed by atoms with Crippen molar-refractivity contribution in [3.05, 3.63) is 30.1 Å². The molecular formula is C13H17N3. The highest BCUT2D eigenvalue weighted by atomic mass is 15.0. The standard InChI is InChI=1S/C13H17N3/c1-9(14)13(6-7-13)10-4-3-5-11-12(10)16(2)8-15-11/h3-5,8-9H,6-7,14H2,1-2H3. The van der Waals surface area contributed by atoms with Crippen LogP contribution in [-0.2, 0) is 12.5 Å². The second-order valence-corrected chi connectivity index (χ2v) is 4.97. The van der Waals surface area contributed by atoms with Crippen LogP contribution < -0.4 is 5.73 Å². The molecule has 2 aromatic rings. The lowest BCUT2D eigenvalue weighted by Gasteiger charge is -2.21. The predicted octanol–water partition coefficient (Wildman–Crippen LogP) is 1.95. The van der Waals surface area contributed by atoms with Gasteiger partial charge < -0.3 is 10.3 Å². The van der Waals surface area contributed by atoms with Crippen LogP contribution in [0.2, 0.25) is 0 Å². The third kappa shape index (κ3) is 1.15. The van der Waals surface area contributed by atoms with E-state index in [4.69, 9.17) is 5.73 Å². The van der Waals surface area contributed by atoms with Crippen LogP contribution in [-0.4, -0.2) is 15.6 Å². The Labute approximate surface area is 95.3 Å². The maximum atomic E-state index is 6.14. The van der Waals surface area contributed by atoms with Gasteiger partial charge in [-0.2, -0.15) is 0 Å². The minimum atomic E-state index is 0.202. The SMILES string of the molecule is CC(N)C1(c2cccc3ncn(C)c23)CC1. The van der Waals surface area contributed by atoms with E-state index in [2.05, 4.69) is 41.7 Å². The summed E-state index contributed by atoms with van der Waals surface area (Å²) < 4.78 is 2.10. The molecule has 16 heavy (non-hydrogen) atoms. The normalized spacial score (nSPS) is 19.9. The summed E-state index contributed by atoms with van der Waals surface area (Å²) in [4.78, 5) is 4.40. The number of aryl methyl sites for hydroxylation is 1. The van der Waals surface area contributed by atoms with Gasteiger partial charge in [0.25, 0.3) is 0 Å². The molecule has 1 aromatic heterocycles. The van der Waals surface area contributed by atoms with E-state index < -0.39 is 0 Å². The highest BCUT2D eigenvalue weighted by Crippen LogP contribution is 2.51. The monoisotopic (exact) mass is 215 g/mol. The predicted molar refractivity (Wildman–Crippen MR) is 65.3 cm³/mol. The Morgan fingerprint density at radius 1 is 1.44 bits per heavy atom. The minimum Gasteiger partial charge on any atom is -0.333 e. The summed E-state index contributed by atoms with van der Waals surface area (Å²) >= 11 is 0. The van der Waals surface area contributed by atoms with Gasteiger partial charge in [-0.05, 0) is 31.4 Å². The van der Waals surface area contributed by atoms with Crippen LogP contribution in [0.4, 0.5) is 0 Å². The summed E-state index contributed by atoms with van der Waals surface area (Å²) in [7, 11) is 2.05. The second kappa shape index (κ2) is 3.08. The van der Waals surface area contributed by atoms with Gasteiger partial charge >= 0.3 is 0 Å². The molecule has 1 fully saturated rings. The Balaban J connectivity index is 2.28. The van der Waals surface area contributed by atoms with Crippen molar-refractivity contribution < 1.29 is 0 Å². The molecule has 0 amide bonds. The molecule has 1 aliphatic carbocycles. The van der Waals surface area contributed by atoms with Crippen molar-refractivity contribution in [2.24, 2.45) is 12.8 Å². The number of nitrogens with two attached hydrogens (primary N) is 1. The summed E-state index contributed by atoms with van der Waals surface area (Å²) in [5, 5.41) is 0. The topological polar surface area (TPSA) is 43.8 Å². The molecule has 0 bridgehead atoms. The zero-order valence-corrected chi connectivity index (χ0v) is 9.77. The van der Waals surface area contributed by atoms with Gasteiger partial charge in [0.05, 0.1) is 17.4 Å². The van der Waals surface area contributed by atoms with Crippen molar-refractivity contribution in [3.63, 3.8) is 0 Å². The van der Waals surface area contributed by atoms with Gasteiger partial charge in [-0.3, -0.25) is 0 Å². The van der Waals surface area contributed by atoms with Gasteiger partial charge in [0.1, 0.15) is 0 Å². The fourth-order valence-electron chi connectivity index (χ4n) is 2.72. The summed E-state index contributed by atoms with van der Waals surface area (Å²) in [6.07, 6.45) is 4.29. The van der Waals surface area contributed by atoms with Gasteiger partial charge in [-0.25, -0.2) is 4.98 Å². The maximum absolute atomic E-state index is 6.14. The molecule has 1 aliphatic rings. The van der Waals surface area contributed by atoms with E-state index in [1.54, 1.807) is 0 Å². The largest absolute Gasteiger partial charge is 0.333 e. The van der Waals surface area contributed by atoms with E-state index in [0.29, 0.717) is 0 Å². The first-order valence-electron chi connectivity index (χ1n) is 5.81. The number of hydrogen-bond donors (Lipinski definition) is 1. The van der Waals surface area contributed by atoms with Crippen molar-refractivity contribution in [1.29, 1.82) is 0 Å². The van der Waals surface area contributed by atoms with Crippen molar-refractivity contribution in [1.82, 2.24) is 9.55 Å². The first kappa shape index (κ1) is 9.85. The van der Waals surface area contributed by atoms with Gasteiger partial charge in [0, 0.05) is 18.5 Å². The third-order valence-electron chi connectivity index (χ3n) is 3.93.